The van der Waals surface area contributed by atoms with E-state index in [4.69, 9.17) is 14.2 Å². The summed E-state index contributed by atoms with van der Waals surface area (Å²) in [5, 5.41) is 15.6. The molecule has 0 spiro atoms. The van der Waals surface area contributed by atoms with E-state index in [1.165, 1.54) is 23.1 Å². The smallest absolute Gasteiger partial charge is 0.269 e. The maximum absolute atomic E-state index is 10.8. The lowest BCUT2D eigenvalue weighted by atomic mass is 9.94. The van der Waals surface area contributed by atoms with Gasteiger partial charge in [0.1, 0.15) is 12.4 Å². The molecule has 1 aromatic heterocycles. The number of benzene rings is 3. The molecule has 1 atom stereocenters. The second kappa shape index (κ2) is 10.2. The Kier molecular flexibility index (Phi) is 7.14. The molecule has 8 nitrogen and oxygen atoms in total. The topological polar surface area (TPSA) is 98.7 Å². The summed E-state index contributed by atoms with van der Waals surface area (Å²) >= 11 is 0. The fourth-order valence-corrected chi connectivity index (χ4v) is 4.48. The Morgan fingerprint density at radius 1 is 1.00 bits per heavy atom. The summed E-state index contributed by atoms with van der Waals surface area (Å²) in [5.74, 6) is 2.09. The van der Waals surface area contributed by atoms with E-state index in [2.05, 4.69) is 22.4 Å². The Morgan fingerprint density at radius 3 is 2.51 bits per heavy atom. The third-order valence-corrected chi connectivity index (χ3v) is 6.22. The number of aromatic nitrogens is 1. The number of hydrogen-bond acceptors (Lipinski definition) is 6. The van der Waals surface area contributed by atoms with Gasteiger partial charge in [0.2, 0.25) is 0 Å². The summed E-state index contributed by atoms with van der Waals surface area (Å²) in [6, 6.07) is 18.4. The van der Waals surface area contributed by atoms with Gasteiger partial charge in [-0.1, -0.05) is 6.07 Å². The highest BCUT2D eigenvalue weighted by molar-refractivity contribution is 5.87. The van der Waals surface area contributed by atoms with Crippen LogP contribution in [0.25, 0.3) is 10.9 Å². The SMILES string of the molecule is COc1ccc2[nH]c3c(c2c1)CCNC3c1ccc(OCc2ccc([N+](=O)[O-])cc2)c(OC)c1.Cl. The largest absolute Gasteiger partial charge is 0.497 e. The lowest BCUT2D eigenvalue weighted by molar-refractivity contribution is -0.384. The molecular formula is C26H26ClN3O5. The molecule has 0 saturated heterocycles. The minimum atomic E-state index is -0.416. The van der Waals surface area contributed by atoms with Crippen LogP contribution in [0.1, 0.15) is 28.4 Å². The van der Waals surface area contributed by atoms with E-state index in [1.807, 2.05) is 24.3 Å². The normalized spacial score (nSPS) is 14.6. The number of nitro groups is 1. The van der Waals surface area contributed by atoms with Crippen molar-refractivity contribution >= 4 is 29.0 Å². The van der Waals surface area contributed by atoms with Gasteiger partial charge in [0, 0.05) is 35.3 Å². The van der Waals surface area contributed by atoms with Crippen LogP contribution in [-0.4, -0.2) is 30.7 Å². The molecule has 182 valence electrons. The van der Waals surface area contributed by atoms with Crippen molar-refractivity contribution in [3.63, 3.8) is 0 Å². The Bertz CT molecular complexity index is 1350. The van der Waals surface area contributed by atoms with Crippen LogP contribution in [0.4, 0.5) is 5.69 Å². The second-order valence-corrected chi connectivity index (χ2v) is 8.19. The summed E-state index contributed by atoms with van der Waals surface area (Å²) in [5.41, 5.74) is 5.50. The number of methoxy groups -OCH3 is 2. The number of nitrogens with zero attached hydrogens (tertiary/aromatic N) is 1. The van der Waals surface area contributed by atoms with Crippen LogP contribution >= 0.6 is 12.4 Å². The van der Waals surface area contributed by atoms with Crippen molar-refractivity contribution in [2.24, 2.45) is 0 Å². The Morgan fingerprint density at radius 2 is 1.80 bits per heavy atom. The van der Waals surface area contributed by atoms with Gasteiger partial charge in [-0.05, 0) is 65.6 Å². The predicted octanol–water partition coefficient (Wildman–Crippen LogP) is 5.33. The van der Waals surface area contributed by atoms with E-state index in [-0.39, 0.29) is 30.7 Å². The van der Waals surface area contributed by atoms with Crippen molar-refractivity contribution in [2.45, 2.75) is 19.1 Å². The van der Waals surface area contributed by atoms with E-state index >= 15 is 0 Å². The van der Waals surface area contributed by atoms with E-state index in [9.17, 15) is 10.1 Å². The molecule has 3 aromatic carbocycles. The zero-order valence-electron chi connectivity index (χ0n) is 19.4. The average molecular weight is 496 g/mol. The van der Waals surface area contributed by atoms with Crippen LogP contribution in [-0.2, 0) is 13.0 Å². The zero-order chi connectivity index (χ0) is 23.7. The molecule has 2 heterocycles. The summed E-state index contributed by atoms with van der Waals surface area (Å²) in [6.07, 6.45) is 0.937. The van der Waals surface area contributed by atoms with Crippen molar-refractivity contribution in [2.75, 3.05) is 20.8 Å². The second-order valence-electron chi connectivity index (χ2n) is 8.19. The highest BCUT2D eigenvalue weighted by atomic mass is 35.5. The summed E-state index contributed by atoms with van der Waals surface area (Å²) in [4.78, 5) is 14.0. The molecule has 0 bridgehead atoms. The molecule has 0 amide bonds. The number of nitro benzene ring substituents is 1. The Hall–Kier alpha value is -3.75. The molecule has 1 unspecified atom stereocenters. The first-order valence-electron chi connectivity index (χ1n) is 11.0. The summed E-state index contributed by atoms with van der Waals surface area (Å²) < 4.78 is 17.0. The Labute approximate surface area is 208 Å². The van der Waals surface area contributed by atoms with Gasteiger partial charge in [-0.2, -0.15) is 0 Å². The van der Waals surface area contributed by atoms with Crippen molar-refractivity contribution in [1.82, 2.24) is 10.3 Å². The monoisotopic (exact) mass is 495 g/mol. The molecule has 0 radical (unpaired) electrons. The van der Waals surface area contributed by atoms with Crippen LogP contribution < -0.4 is 19.5 Å². The van der Waals surface area contributed by atoms with Crippen LogP contribution in [0.2, 0.25) is 0 Å². The molecule has 0 aliphatic carbocycles. The number of H-pyrrole nitrogens is 1. The maximum atomic E-state index is 10.8. The minimum absolute atomic E-state index is 0. The molecule has 0 fully saturated rings. The van der Waals surface area contributed by atoms with Crippen molar-refractivity contribution < 1.29 is 19.1 Å². The van der Waals surface area contributed by atoms with Crippen LogP contribution in [0, 0.1) is 10.1 Å². The van der Waals surface area contributed by atoms with Crippen molar-refractivity contribution in [1.29, 1.82) is 0 Å². The first-order valence-corrected chi connectivity index (χ1v) is 11.0. The van der Waals surface area contributed by atoms with E-state index in [0.29, 0.717) is 11.5 Å². The van der Waals surface area contributed by atoms with Gasteiger partial charge >= 0.3 is 0 Å². The lowest BCUT2D eigenvalue weighted by Gasteiger charge is -2.25. The van der Waals surface area contributed by atoms with Crippen LogP contribution in [0.3, 0.4) is 0 Å². The van der Waals surface area contributed by atoms with Gasteiger partial charge in [-0.25, -0.2) is 0 Å². The van der Waals surface area contributed by atoms with Gasteiger partial charge in [-0.3, -0.25) is 10.1 Å². The fraction of sp³-hybridized carbons (Fsp3) is 0.231. The van der Waals surface area contributed by atoms with Crippen LogP contribution in [0.5, 0.6) is 17.2 Å². The fourth-order valence-electron chi connectivity index (χ4n) is 4.48. The van der Waals surface area contributed by atoms with Gasteiger partial charge in [0.05, 0.1) is 25.2 Å². The Balaban J connectivity index is 0.00000289. The van der Waals surface area contributed by atoms with Gasteiger partial charge in [0.25, 0.3) is 5.69 Å². The summed E-state index contributed by atoms with van der Waals surface area (Å²) in [7, 11) is 3.30. The first kappa shape index (κ1) is 24.4. The van der Waals surface area contributed by atoms with Gasteiger partial charge < -0.3 is 24.5 Å². The zero-order valence-corrected chi connectivity index (χ0v) is 20.2. The molecule has 1 aliphatic rings. The molecule has 0 saturated carbocycles. The average Bonchev–Trinajstić information content (AvgIpc) is 3.25. The van der Waals surface area contributed by atoms with Gasteiger partial charge in [-0.15, -0.1) is 12.4 Å². The lowest BCUT2D eigenvalue weighted by Crippen LogP contribution is -2.30. The first-order chi connectivity index (χ1) is 16.6. The molecule has 9 heteroatoms. The number of hydrogen-bond donors (Lipinski definition) is 2. The highest BCUT2D eigenvalue weighted by Gasteiger charge is 2.26. The maximum Gasteiger partial charge on any atom is 0.269 e. The van der Waals surface area contributed by atoms with E-state index in [0.717, 1.165) is 41.1 Å². The standard InChI is InChI=1S/C26H25N3O5.ClH/c1-32-19-8-9-22-21(14-19)20-11-12-27-25(26(20)28-22)17-5-10-23(24(13-17)33-2)34-15-16-3-6-18(7-4-16)29(30)31;/h3-10,13-14,25,27-28H,11-12,15H2,1-2H3;1H. The number of halogens is 1. The number of ether oxygens (including phenoxy) is 3. The minimum Gasteiger partial charge on any atom is -0.497 e. The molecule has 2 N–H and O–H groups in total. The number of non-ortho nitro benzene ring substituents is 1. The number of fused-ring (bicyclic) bond motifs is 3. The highest BCUT2D eigenvalue weighted by Crippen LogP contribution is 2.38. The number of aromatic amines is 1. The predicted molar refractivity (Wildman–Crippen MR) is 136 cm³/mol. The molecule has 5 rings (SSSR count). The quantitative estimate of drug-likeness (QED) is 0.265. The third-order valence-electron chi connectivity index (χ3n) is 6.22. The van der Waals surface area contributed by atoms with E-state index in [1.54, 1.807) is 26.4 Å². The summed E-state index contributed by atoms with van der Waals surface area (Å²) in [6.45, 7) is 1.14. The van der Waals surface area contributed by atoms with Crippen molar-refractivity contribution in [3.8, 4) is 17.2 Å². The van der Waals surface area contributed by atoms with Crippen molar-refractivity contribution in [3.05, 3.63) is 93.2 Å². The number of nitrogens with one attached hydrogen (secondary N) is 2. The molecule has 35 heavy (non-hydrogen) atoms. The molecule has 1 aliphatic heterocycles. The third kappa shape index (κ3) is 4.76. The van der Waals surface area contributed by atoms with E-state index < -0.39 is 4.92 Å². The van der Waals surface area contributed by atoms with Crippen LogP contribution in [0.15, 0.2) is 60.7 Å². The number of rotatable bonds is 7. The van der Waals surface area contributed by atoms with Gasteiger partial charge in [0.15, 0.2) is 11.5 Å². The molecular weight excluding hydrogens is 470 g/mol. The molecule has 4 aromatic rings.